The summed E-state index contributed by atoms with van der Waals surface area (Å²) in [6.45, 7) is 1.91. The van der Waals surface area contributed by atoms with E-state index in [1.165, 1.54) is 7.11 Å². The topological polar surface area (TPSA) is 108 Å². The predicted octanol–water partition coefficient (Wildman–Crippen LogP) is 3.73. The van der Waals surface area contributed by atoms with Crippen LogP contribution in [0.1, 0.15) is 47.9 Å². The molecule has 0 spiro atoms. The lowest BCUT2D eigenvalue weighted by atomic mass is 10.2. The van der Waals surface area contributed by atoms with Gasteiger partial charge in [-0.05, 0) is 50.1 Å². The summed E-state index contributed by atoms with van der Waals surface area (Å²) in [5, 5.41) is 0.992. The molecule has 8 heteroatoms. The summed E-state index contributed by atoms with van der Waals surface area (Å²) in [4.78, 5) is 25.0. The average molecular weight is 405 g/mol. The average Bonchev–Trinajstić information content (AvgIpc) is 3.38. The van der Waals surface area contributed by atoms with Crippen molar-refractivity contribution in [2.45, 2.75) is 31.8 Å². The number of nitrogens with one attached hydrogen (secondary N) is 1. The number of pyridine rings is 1. The summed E-state index contributed by atoms with van der Waals surface area (Å²) in [6, 6.07) is 9.67. The maximum Gasteiger partial charge on any atom is 0.338 e. The van der Waals surface area contributed by atoms with Crippen molar-refractivity contribution in [3.05, 3.63) is 41.6 Å². The zero-order valence-corrected chi connectivity index (χ0v) is 17.1. The van der Waals surface area contributed by atoms with Crippen molar-refractivity contribution in [2.24, 2.45) is 5.73 Å². The fourth-order valence-corrected chi connectivity index (χ4v) is 3.86. The van der Waals surface area contributed by atoms with Crippen LogP contribution in [0.3, 0.4) is 0 Å². The van der Waals surface area contributed by atoms with Gasteiger partial charge >= 0.3 is 5.97 Å². The molecule has 1 aliphatic rings. The summed E-state index contributed by atoms with van der Waals surface area (Å²) < 4.78 is 12.7. The number of aromatic nitrogens is 4. The van der Waals surface area contributed by atoms with Gasteiger partial charge in [0.2, 0.25) is 0 Å². The molecule has 30 heavy (non-hydrogen) atoms. The molecule has 0 aliphatic heterocycles. The Balaban J connectivity index is 1.73. The first kappa shape index (κ1) is 18.6. The fourth-order valence-electron chi connectivity index (χ4n) is 3.86. The van der Waals surface area contributed by atoms with Crippen LogP contribution in [0.5, 0.6) is 5.75 Å². The van der Waals surface area contributed by atoms with E-state index in [1.807, 2.05) is 25.1 Å². The second-order valence-electron chi connectivity index (χ2n) is 7.72. The summed E-state index contributed by atoms with van der Waals surface area (Å²) >= 11 is 0. The van der Waals surface area contributed by atoms with Gasteiger partial charge in [-0.2, -0.15) is 0 Å². The third-order valence-electron chi connectivity index (χ3n) is 5.51. The number of esters is 1. The van der Waals surface area contributed by atoms with Crippen molar-refractivity contribution < 1.29 is 14.3 Å². The lowest BCUT2D eigenvalue weighted by Crippen LogP contribution is -2.06. The Labute approximate surface area is 173 Å². The quantitative estimate of drug-likeness (QED) is 0.490. The highest BCUT2D eigenvalue weighted by atomic mass is 16.5. The van der Waals surface area contributed by atoms with Gasteiger partial charge < -0.3 is 24.8 Å². The van der Waals surface area contributed by atoms with Crippen molar-refractivity contribution in [1.82, 2.24) is 19.5 Å². The third kappa shape index (κ3) is 2.91. The summed E-state index contributed by atoms with van der Waals surface area (Å²) in [5.41, 5.74) is 10.4. The van der Waals surface area contributed by atoms with E-state index in [4.69, 9.17) is 20.2 Å². The van der Waals surface area contributed by atoms with E-state index in [9.17, 15) is 4.79 Å². The molecule has 0 saturated heterocycles. The van der Waals surface area contributed by atoms with E-state index in [-0.39, 0.29) is 6.04 Å². The highest BCUT2D eigenvalue weighted by molar-refractivity contribution is 5.97. The van der Waals surface area contributed by atoms with E-state index in [0.29, 0.717) is 22.9 Å². The van der Waals surface area contributed by atoms with Gasteiger partial charge in [0.05, 0.1) is 36.7 Å². The number of aromatic amines is 1. The molecule has 4 aromatic rings. The number of imidazole rings is 1. The maximum atomic E-state index is 12.1. The monoisotopic (exact) mass is 405 g/mol. The number of hydrogen-bond acceptors (Lipinski definition) is 6. The molecule has 0 unspecified atom stereocenters. The molecule has 1 aliphatic carbocycles. The highest BCUT2D eigenvalue weighted by Crippen LogP contribution is 2.44. The number of carbonyl (C=O) groups excluding carboxylic acids is 1. The molecule has 1 fully saturated rings. The normalized spacial score (nSPS) is 14.9. The molecule has 8 nitrogen and oxygen atoms in total. The van der Waals surface area contributed by atoms with Crippen molar-refractivity contribution in [1.29, 1.82) is 0 Å². The van der Waals surface area contributed by atoms with Gasteiger partial charge in [-0.3, -0.25) is 0 Å². The van der Waals surface area contributed by atoms with Crippen molar-refractivity contribution in [3.63, 3.8) is 0 Å². The lowest BCUT2D eigenvalue weighted by molar-refractivity contribution is 0.0600. The minimum Gasteiger partial charge on any atom is -0.494 e. The van der Waals surface area contributed by atoms with Crippen LogP contribution < -0.4 is 10.5 Å². The van der Waals surface area contributed by atoms with E-state index in [1.54, 1.807) is 19.2 Å². The van der Waals surface area contributed by atoms with Gasteiger partial charge in [0, 0.05) is 17.5 Å². The second-order valence-corrected chi connectivity index (χ2v) is 7.72. The standard InChI is InChI=1S/C22H23N5O3/c1-11(23)15-7-4-12-8-17(25-20(12)24-15)21-26-16-9-13(22(28)30-3)10-18(29-2)19(16)27(21)14-5-6-14/h4,7-11,14H,5-6,23H2,1-3H3,(H,24,25)/t11-/m1/s1. The Morgan fingerprint density at radius 2 is 2.03 bits per heavy atom. The number of nitrogens with zero attached hydrogens (tertiary/aromatic N) is 3. The number of ether oxygens (including phenoxy) is 2. The van der Waals surface area contributed by atoms with Crippen LogP contribution >= 0.6 is 0 Å². The Morgan fingerprint density at radius 1 is 1.23 bits per heavy atom. The molecule has 3 N–H and O–H groups in total. The van der Waals surface area contributed by atoms with Gasteiger partial charge in [0.15, 0.2) is 5.82 Å². The number of hydrogen-bond donors (Lipinski definition) is 2. The molecule has 154 valence electrons. The lowest BCUT2D eigenvalue weighted by Gasteiger charge is -2.10. The molecular formula is C22H23N5O3. The summed E-state index contributed by atoms with van der Waals surface area (Å²) in [7, 11) is 2.96. The van der Waals surface area contributed by atoms with Crippen LogP contribution in [0.25, 0.3) is 33.6 Å². The number of methoxy groups -OCH3 is 2. The van der Waals surface area contributed by atoms with Crippen molar-refractivity contribution in [3.8, 4) is 17.3 Å². The van der Waals surface area contributed by atoms with Crippen LogP contribution in [0.2, 0.25) is 0 Å². The number of fused-ring (bicyclic) bond motifs is 2. The molecule has 3 heterocycles. The van der Waals surface area contributed by atoms with Gasteiger partial charge in [-0.25, -0.2) is 14.8 Å². The molecular weight excluding hydrogens is 382 g/mol. The molecule has 1 aromatic carbocycles. The Morgan fingerprint density at radius 3 is 2.70 bits per heavy atom. The molecule has 0 bridgehead atoms. The molecule has 0 radical (unpaired) electrons. The summed E-state index contributed by atoms with van der Waals surface area (Å²) in [5.74, 6) is 0.983. The number of rotatable bonds is 5. The zero-order valence-electron chi connectivity index (χ0n) is 17.1. The van der Waals surface area contributed by atoms with Crippen LogP contribution in [0, 0.1) is 0 Å². The molecule has 3 aromatic heterocycles. The van der Waals surface area contributed by atoms with Gasteiger partial charge in [-0.1, -0.05) is 0 Å². The maximum absolute atomic E-state index is 12.1. The second kappa shape index (κ2) is 6.84. The van der Waals surface area contributed by atoms with Gasteiger partial charge in [-0.15, -0.1) is 0 Å². The SMILES string of the molecule is COC(=O)c1cc(OC)c2c(c1)nc(-c1cc3ccc([C@@H](C)N)nc3[nH]1)n2C1CC1. The first-order chi connectivity index (χ1) is 14.5. The first-order valence-electron chi connectivity index (χ1n) is 9.94. The van der Waals surface area contributed by atoms with Crippen LogP contribution in [-0.4, -0.2) is 39.7 Å². The molecule has 5 rings (SSSR count). The predicted molar refractivity (Wildman–Crippen MR) is 114 cm³/mol. The van der Waals surface area contributed by atoms with E-state index in [2.05, 4.69) is 14.5 Å². The Hall–Kier alpha value is -3.39. The number of nitrogens with two attached hydrogens (primary N) is 1. The van der Waals surface area contributed by atoms with Crippen molar-refractivity contribution >= 4 is 28.0 Å². The number of carbonyl (C=O) groups is 1. The molecule has 1 saturated carbocycles. The number of benzene rings is 1. The van der Waals surface area contributed by atoms with Gasteiger partial charge in [0.1, 0.15) is 16.9 Å². The third-order valence-corrected chi connectivity index (χ3v) is 5.51. The van der Waals surface area contributed by atoms with Gasteiger partial charge in [0.25, 0.3) is 0 Å². The minimum atomic E-state index is -0.420. The minimum absolute atomic E-state index is 0.141. The molecule has 1 atom stereocenters. The Kier molecular flexibility index (Phi) is 4.25. The van der Waals surface area contributed by atoms with E-state index < -0.39 is 5.97 Å². The van der Waals surface area contributed by atoms with Crippen molar-refractivity contribution in [2.75, 3.05) is 14.2 Å². The number of H-pyrrole nitrogens is 1. The van der Waals surface area contributed by atoms with E-state index >= 15 is 0 Å². The van der Waals surface area contributed by atoms with Crippen LogP contribution in [0.4, 0.5) is 0 Å². The molecule has 0 amide bonds. The largest absolute Gasteiger partial charge is 0.494 e. The van der Waals surface area contributed by atoms with E-state index in [0.717, 1.165) is 46.6 Å². The fraction of sp³-hybridized carbons (Fsp3) is 0.318. The Bertz CT molecular complexity index is 1280. The highest BCUT2D eigenvalue weighted by Gasteiger charge is 2.31. The summed E-state index contributed by atoms with van der Waals surface area (Å²) in [6.07, 6.45) is 2.15. The zero-order chi connectivity index (χ0) is 21.0. The van der Waals surface area contributed by atoms with Crippen LogP contribution in [0.15, 0.2) is 30.3 Å². The van der Waals surface area contributed by atoms with Crippen LogP contribution in [-0.2, 0) is 4.74 Å². The first-order valence-corrected chi connectivity index (χ1v) is 9.94. The smallest absolute Gasteiger partial charge is 0.338 e.